The van der Waals surface area contributed by atoms with Crippen LogP contribution in [-0.4, -0.2) is 56.0 Å². The molecule has 2 aromatic carbocycles. The average molecular weight is 364 g/mol. The number of carbonyl (C=O) groups is 2. The number of para-hydroxylation sites is 3. The summed E-state index contributed by atoms with van der Waals surface area (Å²) in [6.07, 6.45) is 0. The first-order valence-corrected chi connectivity index (χ1v) is 9.34. The molecule has 2 amide bonds. The molecule has 6 nitrogen and oxygen atoms in total. The van der Waals surface area contributed by atoms with Crippen LogP contribution in [0.25, 0.3) is 0 Å². The molecule has 2 aliphatic rings. The topological polar surface area (TPSA) is 55.9 Å². The normalized spacial score (nSPS) is 17.4. The molecule has 0 aliphatic carbocycles. The van der Waals surface area contributed by atoms with E-state index >= 15 is 0 Å². The minimum absolute atomic E-state index is 0.0263. The molecule has 2 aromatic rings. The SMILES string of the molecule is Cc1ccccc1N1CCN(CC(=O)N2CC(=O)Nc3ccccc32)CC1. The van der Waals surface area contributed by atoms with Crippen LogP contribution in [0.15, 0.2) is 48.5 Å². The van der Waals surface area contributed by atoms with Gasteiger partial charge in [-0.1, -0.05) is 30.3 Å². The van der Waals surface area contributed by atoms with Crippen molar-refractivity contribution in [2.75, 3.05) is 54.4 Å². The average Bonchev–Trinajstić information content (AvgIpc) is 2.68. The van der Waals surface area contributed by atoms with Crippen molar-refractivity contribution < 1.29 is 9.59 Å². The first kappa shape index (κ1) is 17.5. The van der Waals surface area contributed by atoms with E-state index in [-0.39, 0.29) is 18.4 Å². The van der Waals surface area contributed by atoms with Gasteiger partial charge in [0, 0.05) is 31.9 Å². The third kappa shape index (κ3) is 3.66. The maximum atomic E-state index is 12.9. The Morgan fingerprint density at radius 3 is 2.37 bits per heavy atom. The number of nitrogens with one attached hydrogen (secondary N) is 1. The van der Waals surface area contributed by atoms with Crippen molar-refractivity contribution in [3.63, 3.8) is 0 Å². The van der Waals surface area contributed by atoms with E-state index in [1.807, 2.05) is 24.3 Å². The van der Waals surface area contributed by atoms with Crippen molar-refractivity contribution in [1.82, 2.24) is 4.90 Å². The van der Waals surface area contributed by atoms with Gasteiger partial charge in [-0.05, 0) is 30.7 Å². The number of fused-ring (bicyclic) bond motifs is 1. The van der Waals surface area contributed by atoms with E-state index in [0.717, 1.165) is 31.9 Å². The van der Waals surface area contributed by atoms with Crippen molar-refractivity contribution in [1.29, 1.82) is 0 Å². The Morgan fingerprint density at radius 1 is 0.963 bits per heavy atom. The smallest absolute Gasteiger partial charge is 0.244 e. The molecule has 6 heteroatoms. The Balaban J connectivity index is 1.39. The van der Waals surface area contributed by atoms with Gasteiger partial charge in [-0.25, -0.2) is 0 Å². The number of nitrogens with zero attached hydrogens (tertiary/aromatic N) is 3. The number of anilines is 3. The Morgan fingerprint density at radius 2 is 1.63 bits per heavy atom. The van der Waals surface area contributed by atoms with Crippen molar-refractivity contribution in [3.05, 3.63) is 54.1 Å². The highest BCUT2D eigenvalue weighted by Gasteiger charge is 2.28. The van der Waals surface area contributed by atoms with Crippen LogP contribution < -0.4 is 15.1 Å². The number of rotatable bonds is 3. The standard InChI is InChI=1S/C21H24N4O2/c1-16-6-2-4-8-18(16)24-12-10-23(11-13-24)15-21(27)25-14-20(26)22-17-7-3-5-9-19(17)25/h2-9H,10-15H2,1H3,(H,22,26). The van der Waals surface area contributed by atoms with Crippen molar-refractivity contribution >= 4 is 28.9 Å². The predicted molar refractivity (Wildman–Crippen MR) is 107 cm³/mol. The van der Waals surface area contributed by atoms with E-state index in [1.165, 1.54) is 11.3 Å². The van der Waals surface area contributed by atoms with Gasteiger partial charge < -0.3 is 10.2 Å². The van der Waals surface area contributed by atoms with E-state index in [2.05, 4.69) is 46.3 Å². The molecule has 2 heterocycles. The van der Waals surface area contributed by atoms with Crippen molar-refractivity contribution in [2.45, 2.75) is 6.92 Å². The third-order valence-electron chi connectivity index (χ3n) is 5.26. The van der Waals surface area contributed by atoms with Crippen molar-refractivity contribution in [2.24, 2.45) is 0 Å². The highest BCUT2D eigenvalue weighted by Crippen LogP contribution is 2.29. The number of hydrogen-bond donors (Lipinski definition) is 1. The zero-order valence-electron chi connectivity index (χ0n) is 15.5. The van der Waals surface area contributed by atoms with Gasteiger partial charge in [0.15, 0.2) is 0 Å². The first-order valence-electron chi connectivity index (χ1n) is 9.34. The Hall–Kier alpha value is -2.86. The van der Waals surface area contributed by atoms with Crippen LogP contribution in [0.5, 0.6) is 0 Å². The number of carbonyl (C=O) groups excluding carboxylic acids is 2. The van der Waals surface area contributed by atoms with Crippen LogP contribution >= 0.6 is 0 Å². The second-order valence-electron chi connectivity index (χ2n) is 7.09. The van der Waals surface area contributed by atoms with Gasteiger partial charge in [0.25, 0.3) is 0 Å². The molecule has 27 heavy (non-hydrogen) atoms. The van der Waals surface area contributed by atoms with E-state index < -0.39 is 0 Å². The third-order valence-corrected chi connectivity index (χ3v) is 5.26. The minimum atomic E-state index is -0.147. The zero-order valence-corrected chi connectivity index (χ0v) is 15.5. The lowest BCUT2D eigenvalue weighted by molar-refractivity contribution is -0.122. The summed E-state index contributed by atoms with van der Waals surface area (Å²) in [6.45, 7) is 6.01. The maximum Gasteiger partial charge on any atom is 0.244 e. The van der Waals surface area contributed by atoms with Crippen LogP contribution in [0.4, 0.5) is 17.1 Å². The molecular weight excluding hydrogens is 340 g/mol. The monoisotopic (exact) mass is 364 g/mol. The van der Waals surface area contributed by atoms with Gasteiger partial charge in [-0.15, -0.1) is 0 Å². The van der Waals surface area contributed by atoms with E-state index in [4.69, 9.17) is 0 Å². The molecule has 1 N–H and O–H groups in total. The summed E-state index contributed by atoms with van der Waals surface area (Å²) in [6, 6.07) is 15.9. The quantitative estimate of drug-likeness (QED) is 0.906. The van der Waals surface area contributed by atoms with E-state index in [0.29, 0.717) is 12.2 Å². The van der Waals surface area contributed by atoms with Crippen LogP contribution in [-0.2, 0) is 9.59 Å². The fraction of sp³-hybridized carbons (Fsp3) is 0.333. The number of hydrogen-bond acceptors (Lipinski definition) is 4. The van der Waals surface area contributed by atoms with E-state index in [9.17, 15) is 9.59 Å². The minimum Gasteiger partial charge on any atom is -0.369 e. The summed E-state index contributed by atoms with van der Waals surface area (Å²) >= 11 is 0. The maximum absolute atomic E-state index is 12.9. The largest absolute Gasteiger partial charge is 0.369 e. The lowest BCUT2D eigenvalue weighted by Crippen LogP contribution is -2.52. The fourth-order valence-electron chi connectivity index (χ4n) is 3.80. The van der Waals surface area contributed by atoms with Crippen LogP contribution in [0, 0.1) is 6.92 Å². The van der Waals surface area contributed by atoms with Crippen molar-refractivity contribution in [3.8, 4) is 0 Å². The molecule has 2 aliphatic heterocycles. The molecule has 0 atom stereocenters. The van der Waals surface area contributed by atoms with Crippen LogP contribution in [0.2, 0.25) is 0 Å². The van der Waals surface area contributed by atoms with Gasteiger partial charge in [-0.3, -0.25) is 19.4 Å². The summed E-state index contributed by atoms with van der Waals surface area (Å²) < 4.78 is 0. The molecule has 0 aromatic heterocycles. The first-order chi connectivity index (χ1) is 13.1. The lowest BCUT2D eigenvalue weighted by Gasteiger charge is -2.37. The molecule has 0 unspecified atom stereocenters. The van der Waals surface area contributed by atoms with Gasteiger partial charge >= 0.3 is 0 Å². The second kappa shape index (κ2) is 7.40. The van der Waals surface area contributed by atoms with Gasteiger partial charge in [0.1, 0.15) is 6.54 Å². The number of piperazine rings is 1. The number of aryl methyl sites for hydroxylation is 1. The summed E-state index contributed by atoms with van der Waals surface area (Å²) in [5.41, 5.74) is 4.02. The molecule has 0 bridgehead atoms. The summed E-state index contributed by atoms with van der Waals surface area (Å²) in [5, 5.41) is 2.82. The molecule has 0 saturated carbocycles. The second-order valence-corrected chi connectivity index (χ2v) is 7.09. The predicted octanol–water partition coefficient (Wildman–Crippen LogP) is 2.10. The van der Waals surface area contributed by atoms with Gasteiger partial charge in [-0.2, -0.15) is 0 Å². The molecule has 0 spiro atoms. The van der Waals surface area contributed by atoms with Crippen LogP contribution in [0.1, 0.15) is 5.56 Å². The Labute approximate surface area is 159 Å². The summed E-state index contributed by atoms with van der Waals surface area (Å²) in [4.78, 5) is 31.0. The van der Waals surface area contributed by atoms with Gasteiger partial charge in [0.05, 0.1) is 17.9 Å². The zero-order chi connectivity index (χ0) is 18.8. The highest BCUT2D eigenvalue weighted by molar-refractivity contribution is 6.10. The molecular formula is C21H24N4O2. The molecule has 4 rings (SSSR count). The number of amides is 2. The molecule has 1 fully saturated rings. The van der Waals surface area contributed by atoms with Gasteiger partial charge in [0.2, 0.25) is 11.8 Å². The molecule has 0 radical (unpaired) electrons. The van der Waals surface area contributed by atoms with E-state index in [1.54, 1.807) is 4.90 Å². The lowest BCUT2D eigenvalue weighted by atomic mass is 10.1. The Bertz CT molecular complexity index is 859. The van der Waals surface area contributed by atoms with Crippen LogP contribution in [0.3, 0.4) is 0 Å². The molecule has 1 saturated heterocycles. The highest BCUT2D eigenvalue weighted by atomic mass is 16.2. The Kier molecular flexibility index (Phi) is 4.81. The molecule has 140 valence electrons. The summed E-state index contributed by atoms with van der Waals surface area (Å²) in [7, 11) is 0. The summed E-state index contributed by atoms with van der Waals surface area (Å²) in [5.74, 6) is -0.173. The number of benzene rings is 2. The fourth-order valence-corrected chi connectivity index (χ4v) is 3.80.